The number of nitrogens with two attached hydrogens (primary N) is 1. The lowest BCUT2D eigenvalue weighted by atomic mass is 10.1. The Morgan fingerprint density at radius 3 is 2.76 bits per heavy atom. The van der Waals surface area contributed by atoms with Crippen molar-refractivity contribution in [3.05, 3.63) is 52.8 Å². The summed E-state index contributed by atoms with van der Waals surface area (Å²) in [5.41, 5.74) is 9.21. The Bertz CT molecular complexity index is 1430. The largest absolute Gasteiger partial charge is 0.454 e. The van der Waals surface area contributed by atoms with Crippen molar-refractivity contribution in [3.63, 3.8) is 0 Å². The van der Waals surface area contributed by atoms with E-state index >= 15 is 0 Å². The number of hydrogen-bond acceptors (Lipinski definition) is 8. The predicted molar refractivity (Wildman–Crippen MR) is 146 cm³/mol. The number of halogens is 1. The number of carbonyl (C=O) groups is 1. The average Bonchev–Trinajstić information content (AvgIpc) is 3.48. The Kier molecular flexibility index (Phi) is 7.65. The maximum absolute atomic E-state index is 12.0. The minimum absolute atomic E-state index is 0.195. The van der Waals surface area contributed by atoms with Crippen LogP contribution < -0.4 is 25.8 Å². The first-order valence-electron chi connectivity index (χ1n) is 11.9. The van der Waals surface area contributed by atoms with Crippen LogP contribution in [-0.4, -0.2) is 38.9 Å². The number of carbonyl (C=O) groups excluding carboxylic acids is 1. The van der Waals surface area contributed by atoms with Crippen molar-refractivity contribution >= 4 is 56.4 Å². The number of nitrogen functional groups attached to an aromatic ring is 1. The van der Waals surface area contributed by atoms with Crippen molar-refractivity contribution in [1.82, 2.24) is 24.8 Å². The van der Waals surface area contributed by atoms with E-state index in [2.05, 4.69) is 43.5 Å². The van der Waals surface area contributed by atoms with Crippen LogP contribution in [0.15, 0.2) is 57.3 Å². The molecule has 4 N–H and O–H groups in total. The Labute approximate surface area is 226 Å². The smallest absolute Gasteiger partial charge is 0.319 e. The summed E-state index contributed by atoms with van der Waals surface area (Å²) in [5.74, 6) is 1.74. The highest BCUT2D eigenvalue weighted by molar-refractivity contribution is 9.10. The fourth-order valence-corrected chi connectivity index (χ4v) is 5.35. The van der Waals surface area contributed by atoms with Crippen LogP contribution in [0.5, 0.6) is 11.5 Å². The first-order valence-corrected chi connectivity index (χ1v) is 13.5. The maximum Gasteiger partial charge on any atom is 0.319 e. The summed E-state index contributed by atoms with van der Waals surface area (Å²) >= 11 is 5.11. The number of rotatable bonds is 9. The van der Waals surface area contributed by atoms with Gasteiger partial charge in [0, 0.05) is 28.1 Å². The van der Waals surface area contributed by atoms with Gasteiger partial charge in [0.15, 0.2) is 33.6 Å². The minimum Gasteiger partial charge on any atom is -0.454 e. The molecule has 2 aromatic carbocycles. The van der Waals surface area contributed by atoms with E-state index in [4.69, 9.17) is 20.2 Å². The fourth-order valence-electron chi connectivity index (χ4n) is 3.84. The van der Waals surface area contributed by atoms with E-state index in [0.29, 0.717) is 41.6 Å². The topological polar surface area (TPSA) is 129 Å². The van der Waals surface area contributed by atoms with Gasteiger partial charge < -0.3 is 30.4 Å². The summed E-state index contributed by atoms with van der Waals surface area (Å²) in [6.45, 7) is 3.58. The molecule has 2 aromatic heterocycles. The predicted octanol–water partition coefficient (Wildman–Crippen LogP) is 5.22. The van der Waals surface area contributed by atoms with E-state index in [-0.39, 0.29) is 12.8 Å². The lowest BCUT2D eigenvalue weighted by molar-refractivity contribution is 0.174. The molecule has 12 heteroatoms. The maximum atomic E-state index is 12.0. The summed E-state index contributed by atoms with van der Waals surface area (Å²) in [6, 6.07) is 11.4. The molecule has 0 saturated carbocycles. The minimum atomic E-state index is -0.195. The quantitative estimate of drug-likeness (QED) is 0.229. The normalized spacial score (nSPS) is 12.2. The van der Waals surface area contributed by atoms with Crippen LogP contribution >= 0.6 is 27.7 Å². The van der Waals surface area contributed by atoms with Gasteiger partial charge in [-0.3, -0.25) is 0 Å². The van der Waals surface area contributed by atoms with Gasteiger partial charge >= 0.3 is 6.03 Å². The molecule has 0 fully saturated rings. The van der Waals surface area contributed by atoms with Gasteiger partial charge in [-0.1, -0.05) is 37.2 Å². The van der Waals surface area contributed by atoms with Gasteiger partial charge in [0.05, 0.1) is 0 Å². The van der Waals surface area contributed by atoms with Gasteiger partial charge in [-0.25, -0.2) is 19.7 Å². The van der Waals surface area contributed by atoms with Crippen LogP contribution in [0.25, 0.3) is 11.2 Å². The fraction of sp³-hybridized carbons (Fsp3) is 0.280. The second kappa shape index (κ2) is 11.3. The number of nitrogens with one attached hydrogen (secondary N) is 2. The molecule has 0 aliphatic carbocycles. The highest BCUT2D eigenvalue weighted by Crippen LogP contribution is 2.43. The number of hydrogen-bond donors (Lipinski definition) is 3. The number of ether oxygens (including phenoxy) is 2. The number of nitrogens with zero attached hydrogens (tertiary/aromatic N) is 4. The molecule has 0 radical (unpaired) electrons. The monoisotopic (exact) mass is 583 g/mol. The lowest BCUT2D eigenvalue weighted by Gasteiger charge is -2.11. The molecule has 1 aliphatic rings. The molecule has 10 nitrogen and oxygen atoms in total. The zero-order valence-electron chi connectivity index (χ0n) is 20.2. The zero-order valence-corrected chi connectivity index (χ0v) is 22.6. The van der Waals surface area contributed by atoms with Crippen molar-refractivity contribution in [2.45, 2.75) is 42.8 Å². The van der Waals surface area contributed by atoms with Crippen LogP contribution in [0.4, 0.5) is 16.3 Å². The van der Waals surface area contributed by atoms with E-state index in [1.807, 2.05) is 41.0 Å². The number of urea groups is 1. The third-order valence-electron chi connectivity index (χ3n) is 5.81. The highest BCUT2D eigenvalue weighted by atomic mass is 79.9. The van der Waals surface area contributed by atoms with Crippen molar-refractivity contribution in [2.75, 3.05) is 24.4 Å². The zero-order chi connectivity index (χ0) is 25.8. The number of aromatic nitrogens is 4. The van der Waals surface area contributed by atoms with Crippen molar-refractivity contribution in [3.8, 4) is 11.5 Å². The number of fused-ring (bicyclic) bond motifs is 2. The molecule has 2 amide bonds. The molecule has 192 valence electrons. The highest BCUT2D eigenvalue weighted by Gasteiger charge is 2.21. The van der Waals surface area contributed by atoms with Crippen LogP contribution in [-0.2, 0) is 13.0 Å². The third kappa shape index (κ3) is 5.75. The van der Waals surface area contributed by atoms with Gasteiger partial charge in [-0.15, -0.1) is 0 Å². The van der Waals surface area contributed by atoms with Gasteiger partial charge in [0.1, 0.15) is 6.33 Å². The second-order valence-electron chi connectivity index (χ2n) is 8.40. The Balaban J connectivity index is 1.33. The summed E-state index contributed by atoms with van der Waals surface area (Å²) < 4.78 is 13.9. The van der Waals surface area contributed by atoms with Gasteiger partial charge in [0.25, 0.3) is 0 Å². The van der Waals surface area contributed by atoms with E-state index in [1.54, 1.807) is 0 Å². The first kappa shape index (κ1) is 25.2. The molecule has 1 aliphatic heterocycles. The van der Waals surface area contributed by atoms with E-state index in [9.17, 15) is 4.79 Å². The van der Waals surface area contributed by atoms with E-state index < -0.39 is 0 Å². The molecular weight excluding hydrogens is 558 g/mol. The van der Waals surface area contributed by atoms with Gasteiger partial charge in [0.2, 0.25) is 6.79 Å². The van der Waals surface area contributed by atoms with Crippen molar-refractivity contribution in [2.24, 2.45) is 0 Å². The Hall–Kier alpha value is -3.51. The van der Waals surface area contributed by atoms with Crippen molar-refractivity contribution < 1.29 is 14.3 Å². The van der Waals surface area contributed by atoms with Gasteiger partial charge in [-0.05, 0) is 58.6 Å². The molecule has 0 atom stereocenters. The molecule has 0 bridgehead atoms. The number of anilines is 2. The van der Waals surface area contributed by atoms with Crippen LogP contribution in [0.2, 0.25) is 0 Å². The Morgan fingerprint density at radius 2 is 1.97 bits per heavy atom. The Morgan fingerprint density at radius 1 is 1.19 bits per heavy atom. The van der Waals surface area contributed by atoms with Crippen LogP contribution in [0.3, 0.4) is 0 Å². The number of amides is 2. The summed E-state index contributed by atoms with van der Waals surface area (Å²) in [5, 5.41) is 6.46. The van der Waals surface area contributed by atoms with Crippen LogP contribution in [0.1, 0.15) is 25.3 Å². The average molecular weight is 585 g/mol. The second-order valence-corrected chi connectivity index (χ2v) is 10.3. The molecule has 0 spiro atoms. The lowest BCUT2D eigenvalue weighted by Crippen LogP contribution is -2.29. The molecule has 4 aromatic rings. The van der Waals surface area contributed by atoms with E-state index in [1.165, 1.54) is 18.1 Å². The summed E-state index contributed by atoms with van der Waals surface area (Å²) in [7, 11) is 0. The summed E-state index contributed by atoms with van der Waals surface area (Å²) in [4.78, 5) is 26.3. The molecule has 0 unspecified atom stereocenters. The molecular formula is C25H26BrN7O3S. The number of unbranched alkanes of at least 4 members (excludes halogenated alkanes) is 1. The van der Waals surface area contributed by atoms with Gasteiger partial charge in [-0.2, -0.15) is 0 Å². The molecule has 5 rings (SSSR count). The summed E-state index contributed by atoms with van der Waals surface area (Å²) in [6.07, 6.45) is 4.17. The standard InChI is InChI=1S/C25H26BrN7O3S/c1-2-3-9-28-24(34)31-16-6-4-15(5-7-16)8-10-33-23-21(22(27)29-13-30-23)32-25(33)37-20-12-19-18(11-17(20)26)35-14-36-19/h4-7,11-13H,2-3,8-10,14H2,1H3,(H2,27,29,30)(H2,28,31,34). The van der Waals surface area contributed by atoms with Crippen LogP contribution in [0, 0.1) is 0 Å². The third-order valence-corrected chi connectivity index (χ3v) is 7.78. The van der Waals surface area contributed by atoms with Crippen molar-refractivity contribution in [1.29, 1.82) is 0 Å². The first-order chi connectivity index (χ1) is 18.0. The number of benzene rings is 2. The molecule has 0 saturated heterocycles. The number of aryl methyl sites for hydroxylation is 2. The molecule has 37 heavy (non-hydrogen) atoms. The SMILES string of the molecule is CCCCNC(=O)Nc1ccc(CCn2c(Sc3cc4c(cc3Br)OCO4)nc3c(N)ncnc32)cc1. The van der Waals surface area contributed by atoms with E-state index in [0.717, 1.165) is 45.0 Å². The molecule has 3 heterocycles. The number of imidazole rings is 1.